The van der Waals surface area contributed by atoms with Gasteiger partial charge in [0.15, 0.2) is 0 Å². The van der Waals surface area contributed by atoms with Gasteiger partial charge in [-0.25, -0.2) is 4.79 Å². The highest BCUT2D eigenvalue weighted by Gasteiger charge is 2.64. The van der Waals surface area contributed by atoms with Crippen molar-refractivity contribution < 1.29 is 19.4 Å². The number of carboxylic acid groups (broad SMARTS) is 1. The van der Waals surface area contributed by atoms with Crippen molar-refractivity contribution in [2.45, 2.75) is 46.1 Å². The summed E-state index contributed by atoms with van der Waals surface area (Å²) in [6.45, 7) is 6.36. The van der Waals surface area contributed by atoms with Gasteiger partial charge in [-0.1, -0.05) is 19.9 Å². The molecule has 0 radical (unpaired) electrons. The monoisotopic (exact) mass is 264 g/mol. The number of hydrogen-bond acceptors (Lipinski definition) is 3. The summed E-state index contributed by atoms with van der Waals surface area (Å²) in [6.07, 6.45) is 3.83. The number of carbonyl (C=O) groups excluding carboxylic acids is 1. The number of carboxylic acids is 1. The molecule has 0 aromatic carbocycles. The fraction of sp³-hybridized carbons (Fsp3) is 0.733. The van der Waals surface area contributed by atoms with Gasteiger partial charge in [0, 0.05) is 16.9 Å². The zero-order chi connectivity index (χ0) is 14.0. The third kappa shape index (κ3) is 1.58. The molecule has 1 saturated heterocycles. The van der Waals surface area contributed by atoms with Crippen molar-refractivity contribution in [3.05, 3.63) is 11.6 Å². The van der Waals surface area contributed by atoms with Gasteiger partial charge < -0.3 is 9.84 Å². The topological polar surface area (TPSA) is 63.6 Å². The molecule has 4 atom stereocenters. The second-order valence-electron chi connectivity index (χ2n) is 7.08. The van der Waals surface area contributed by atoms with E-state index in [-0.39, 0.29) is 41.2 Å². The minimum atomic E-state index is -0.876. The molecule has 1 heterocycles. The van der Waals surface area contributed by atoms with Crippen LogP contribution in [0.2, 0.25) is 0 Å². The van der Waals surface area contributed by atoms with Crippen molar-refractivity contribution in [2.75, 3.05) is 0 Å². The molecule has 3 aliphatic rings. The summed E-state index contributed by atoms with van der Waals surface area (Å²) in [5.41, 5.74) is 0.427. The number of aliphatic carboxylic acids is 1. The zero-order valence-corrected chi connectivity index (χ0v) is 11.6. The standard InChI is InChI=1S/C15H20O4/c1-8-15-7-14(2,3)6-9(15)4-10(13(17)18)11(15)5-12(16)19-8/h4,8-9,11H,5-7H2,1-3H3,(H,17,18)/t8-,9+,11+,15-/m0/s1. The third-order valence-electron chi connectivity index (χ3n) is 5.34. The smallest absolute Gasteiger partial charge is 0.331 e. The third-order valence-corrected chi connectivity index (χ3v) is 5.34. The lowest BCUT2D eigenvalue weighted by atomic mass is 9.64. The molecule has 0 amide bonds. The summed E-state index contributed by atoms with van der Waals surface area (Å²) in [7, 11) is 0. The van der Waals surface area contributed by atoms with E-state index in [9.17, 15) is 14.7 Å². The summed E-state index contributed by atoms with van der Waals surface area (Å²) in [5.74, 6) is -1.09. The lowest BCUT2D eigenvalue weighted by molar-refractivity contribution is -0.172. The molecular weight excluding hydrogens is 244 g/mol. The number of hydrogen-bond donors (Lipinski definition) is 1. The number of cyclic esters (lactones) is 1. The predicted octanol–water partition coefficient (Wildman–Crippen LogP) is 2.39. The molecule has 3 rings (SSSR count). The van der Waals surface area contributed by atoms with E-state index in [2.05, 4.69) is 13.8 Å². The largest absolute Gasteiger partial charge is 0.478 e. The Labute approximate surface area is 112 Å². The Bertz CT molecular complexity index is 490. The summed E-state index contributed by atoms with van der Waals surface area (Å²) in [6, 6.07) is 0. The van der Waals surface area contributed by atoms with E-state index in [4.69, 9.17) is 4.74 Å². The van der Waals surface area contributed by atoms with Gasteiger partial charge in [-0.15, -0.1) is 0 Å². The van der Waals surface area contributed by atoms with Crippen molar-refractivity contribution in [3.8, 4) is 0 Å². The normalized spacial score (nSPS) is 43.2. The van der Waals surface area contributed by atoms with Crippen LogP contribution in [0.1, 0.15) is 40.0 Å². The summed E-state index contributed by atoms with van der Waals surface area (Å²) in [4.78, 5) is 23.1. The molecule has 1 saturated carbocycles. The molecule has 104 valence electrons. The van der Waals surface area contributed by atoms with Gasteiger partial charge in [0.25, 0.3) is 0 Å². The van der Waals surface area contributed by atoms with Gasteiger partial charge in [-0.3, -0.25) is 4.79 Å². The maximum atomic E-state index is 11.7. The van der Waals surface area contributed by atoms with E-state index in [1.54, 1.807) is 0 Å². The number of esters is 1. The lowest BCUT2D eigenvalue weighted by Gasteiger charge is -2.45. The van der Waals surface area contributed by atoms with Gasteiger partial charge in [0.1, 0.15) is 6.10 Å². The average Bonchev–Trinajstić information content (AvgIpc) is 2.68. The number of ether oxygens (including phenoxy) is 1. The molecule has 19 heavy (non-hydrogen) atoms. The fourth-order valence-corrected chi connectivity index (χ4v) is 4.81. The first-order valence-electron chi connectivity index (χ1n) is 6.91. The number of carbonyl (C=O) groups is 2. The van der Waals surface area contributed by atoms with Crippen molar-refractivity contribution in [1.29, 1.82) is 0 Å². The van der Waals surface area contributed by atoms with E-state index < -0.39 is 5.97 Å². The Hall–Kier alpha value is -1.32. The lowest BCUT2D eigenvalue weighted by Crippen LogP contribution is -2.48. The van der Waals surface area contributed by atoms with Crippen LogP contribution in [0.3, 0.4) is 0 Å². The Morgan fingerprint density at radius 3 is 2.79 bits per heavy atom. The molecule has 2 fully saturated rings. The summed E-state index contributed by atoms with van der Waals surface area (Å²) < 4.78 is 5.46. The average molecular weight is 264 g/mol. The number of allylic oxidation sites excluding steroid dienone is 1. The van der Waals surface area contributed by atoms with E-state index in [0.29, 0.717) is 5.57 Å². The molecule has 1 N–H and O–H groups in total. The fourth-order valence-electron chi connectivity index (χ4n) is 4.81. The molecule has 1 spiro atoms. The summed E-state index contributed by atoms with van der Waals surface area (Å²) in [5, 5.41) is 9.39. The highest BCUT2D eigenvalue weighted by atomic mass is 16.5. The van der Waals surface area contributed by atoms with Crippen LogP contribution in [0, 0.1) is 22.7 Å². The highest BCUT2D eigenvalue weighted by Crippen LogP contribution is 2.66. The van der Waals surface area contributed by atoms with E-state index in [0.717, 1.165) is 12.8 Å². The van der Waals surface area contributed by atoms with Crippen LogP contribution in [0.5, 0.6) is 0 Å². The first-order valence-corrected chi connectivity index (χ1v) is 6.91. The maximum Gasteiger partial charge on any atom is 0.331 e. The summed E-state index contributed by atoms with van der Waals surface area (Å²) >= 11 is 0. The molecule has 1 aliphatic heterocycles. The van der Waals surface area contributed by atoms with Crippen LogP contribution in [-0.2, 0) is 14.3 Å². The van der Waals surface area contributed by atoms with Crippen LogP contribution in [0.15, 0.2) is 11.6 Å². The molecule has 0 aromatic rings. The van der Waals surface area contributed by atoms with Gasteiger partial charge in [-0.2, -0.15) is 0 Å². The molecule has 4 heteroatoms. The van der Waals surface area contributed by atoms with Crippen molar-refractivity contribution in [2.24, 2.45) is 22.7 Å². The van der Waals surface area contributed by atoms with Crippen LogP contribution in [0.4, 0.5) is 0 Å². The second kappa shape index (κ2) is 3.62. The van der Waals surface area contributed by atoms with Crippen LogP contribution < -0.4 is 0 Å². The minimum Gasteiger partial charge on any atom is -0.478 e. The minimum absolute atomic E-state index is 0.173. The SMILES string of the molecule is C[C@@H]1OC(=O)C[C@@H]2C(C(=O)O)=C[C@@H]3CC(C)(C)C[C@@]312. The van der Waals surface area contributed by atoms with E-state index in [1.165, 1.54) is 0 Å². The van der Waals surface area contributed by atoms with E-state index in [1.807, 2.05) is 13.0 Å². The van der Waals surface area contributed by atoms with E-state index >= 15 is 0 Å². The van der Waals surface area contributed by atoms with Gasteiger partial charge >= 0.3 is 11.9 Å². The quantitative estimate of drug-likeness (QED) is 0.739. The highest BCUT2D eigenvalue weighted by molar-refractivity contribution is 5.90. The van der Waals surface area contributed by atoms with Crippen molar-refractivity contribution in [3.63, 3.8) is 0 Å². The van der Waals surface area contributed by atoms with Gasteiger partial charge in [-0.05, 0) is 31.1 Å². The zero-order valence-electron chi connectivity index (χ0n) is 11.6. The first-order chi connectivity index (χ1) is 8.76. The first kappa shape index (κ1) is 12.7. The Kier molecular flexibility index (Phi) is 2.42. The second-order valence-corrected chi connectivity index (χ2v) is 7.08. The molecular formula is C15H20O4. The van der Waals surface area contributed by atoms with Crippen LogP contribution in [-0.4, -0.2) is 23.1 Å². The molecule has 0 unspecified atom stereocenters. The van der Waals surface area contributed by atoms with Crippen LogP contribution in [0.25, 0.3) is 0 Å². The Morgan fingerprint density at radius 1 is 1.47 bits per heavy atom. The number of rotatable bonds is 1. The molecule has 0 aromatic heterocycles. The van der Waals surface area contributed by atoms with Crippen LogP contribution >= 0.6 is 0 Å². The Balaban J connectivity index is 2.08. The van der Waals surface area contributed by atoms with Crippen molar-refractivity contribution >= 4 is 11.9 Å². The molecule has 2 aliphatic carbocycles. The van der Waals surface area contributed by atoms with Gasteiger partial charge in [0.2, 0.25) is 0 Å². The molecule has 4 nitrogen and oxygen atoms in total. The maximum absolute atomic E-state index is 11.7. The van der Waals surface area contributed by atoms with Crippen molar-refractivity contribution in [1.82, 2.24) is 0 Å². The Morgan fingerprint density at radius 2 is 2.16 bits per heavy atom. The predicted molar refractivity (Wildman–Crippen MR) is 68.3 cm³/mol. The molecule has 0 bridgehead atoms. The van der Waals surface area contributed by atoms with Gasteiger partial charge in [0.05, 0.1) is 6.42 Å².